The molecule has 0 aliphatic heterocycles. The summed E-state index contributed by atoms with van der Waals surface area (Å²) < 4.78 is 0. The number of carbonyl (C=O) groups is 2. The number of rotatable bonds is 6. The van der Waals surface area contributed by atoms with E-state index in [1.807, 2.05) is 31.2 Å². The van der Waals surface area contributed by atoms with Crippen LogP contribution >= 0.6 is 0 Å². The summed E-state index contributed by atoms with van der Waals surface area (Å²) in [7, 11) is 0. The molecule has 19 heavy (non-hydrogen) atoms. The molecule has 1 amide bonds. The molecule has 1 atom stereocenters. The number of carboxylic acid groups (broad SMARTS) is 1. The first-order valence-electron chi connectivity index (χ1n) is 6.04. The van der Waals surface area contributed by atoms with Crippen molar-refractivity contribution in [2.24, 2.45) is 0 Å². The van der Waals surface area contributed by atoms with Crippen molar-refractivity contribution in [3.05, 3.63) is 35.4 Å². The van der Waals surface area contributed by atoms with Crippen LogP contribution in [0.3, 0.4) is 0 Å². The summed E-state index contributed by atoms with van der Waals surface area (Å²) in [4.78, 5) is 22.5. The van der Waals surface area contributed by atoms with Crippen LogP contribution in [0.5, 0.6) is 0 Å². The lowest BCUT2D eigenvalue weighted by Gasteiger charge is -2.11. The Kier molecular flexibility index (Phi) is 5.62. The predicted octanol–water partition coefficient (Wildman–Crippen LogP) is 1.52. The second kappa shape index (κ2) is 7.22. The molecule has 0 saturated carbocycles. The number of aliphatic carboxylic acids is 1. The molecule has 4 heteroatoms. The van der Waals surface area contributed by atoms with Gasteiger partial charge in [-0.1, -0.05) is 29.8 Å². The van der Waals surface area contributed by atoms with E-state index in [2.05, 4.69) is 11.2 Å². The maximum atomic E-state index is 11.6. The largest absolute Gasteiger partial charge is 0.480 e. The van der Waals surface area contributed by atoms with Gasteiger partial charge in [-0.05, 0) is 18.9 Å². The van der Waals surface area contributed by atoms with Crippen LogP contribution in [0.4, 0.5) is 0 Å². The van der Waals surface area contributed by atoms with E-state index in [1.165, 1.54) is 0 Å². The van der Waals surface area contributed by atoms with Crippen molar-refractivity contribution in [3.63, 3.8) is 0 Å². The molecule has 1 aromatic carbocycles. The van der Waals surface area contributed by atoms with Crippen LogP contribution < -0.4 is 5.32 Å². The number of benzene rings is 1. The van der Waals surface area contributed by atoms with Gasteiger partial charge in [0.25, 0.3) is 0 Å². The summed E-state index contributed by atoms with van der Waals surface area (Å²) >= 11 is 0. The van der Waals surface area contributed by atoms with Crippen molar-refractivity contribution in [1.82, 2.24) is 5.32 Å². The van der Waals surface area contributed by atoms with Gasteiger partial charge in [-0.2, -0.15) is 0 Å². The van der Waals surface area contributed by atoms with Crippen LogP contribution in [0.1, 0.15) is 24.0 Å². The highest BCUT2D eigenvalue weighted by atomic mass is 16.4. The Labute approximate surface area is 112 Å². The van der Waals surface area contributed by atoms with Gasteiger partial charge in [0.2, 0.25) is 5.91 Å². The molecule has 0 aliphatic carbocycles. The van der Waals surface area contributed by atoms with E-state index in [-0.39, 0.29) is 18.7 Å². The second-order valence-electron chi connectivity index (χ2n) is 4.35. The summed E-state index contributed by atoms with van der Waals surface area (Å²) in [5, 5.41) is 11.3. The minimum absolute atomic E-state index is 0.00833. The number of hydrogen-bond acceptors (Lipinski definition) is 2. The lowest BCUT2D eigenvalue weighted by Crippen LogP contribution is -2.40. The SMILES string of the molecule is C#CCC(NC(=O)CCc1ccc(C)cc1)C(=O)O. The first kappa shape index (κ1) is 14.8. The monoisotopic (exact) mass is 259 g/mol. The standard InChI is InChI=1S/C15H17NO3/c1-3-4-13(15(18)19)16-14(17)10-9-12-7-5-11(2)6-8-12/h1,5-8,13H,4,9-10H2,2H3,(H,16,17)(H,18,19). The summed E-state index contributed by atoms with van der Waals surface area (Å²) in [6.07, 6.45) is 5.87. The first-order valence-corrected chi connectivity index (χ1v) is 6.04. The van der Waals surface area contributed by atoms with Gasteiger partial charge in [0.05, 0.1) is 0 Å². The average molecular weight is 259 g/mol. The Morgan fingerprint density at radius 3 is 2.53 bits per heavy atom. The Morgan fingerprint density at radius 1 is 1.37 bits per heavy atom. The van der Waals surface area contributed by atoms with Crippen LogP contribution in [0.2, 0.25) is 0 Å². The summed E-state index contributed by atoms with van der Waals surface area (Å²) in [6, 6.07) is 6.87. The van der Waals surface area contributed by atoms with Crippen molar-refractivity contribution in [2.75, 3.05) is 0 Å². The van der Waals surface area contributed by atoms with Crippen molar-refractivity contribution in [1.29, 1.82) is 0 Å². The molecule has 0 heterocycles. The topological polar surface area (TPSA) is 66.4 Å². The smallest absolute Gasteiger partial charge is 0.327 e. The van der Waals surface area contributed by atoms with Gasteiger partial charge in [-0.25, -0.2) is 4.79 Å². The molecule has 0 radical (unpaired) electrons. The van der Waals surface area contributed by atoms with E-state index in [1.54, 1.807) is 0 Å². The molecule has 0 aliphatic rings. The van der Waals surface area contributed by atoms with E-state index in [9.17, 15) is 9.59 Å². The van der Waals surface area contributed by atoms with E-state index in [4.69, 9.17) is 11.5 Å². The third kappa shape index (κ3) is 5.26. The van der Waals surface area contributed by atoms with Gasteiger partial charge in [0.1, 0.15) is 6.04 Å². The molecular weight excluding hydrogens is 242 g/mol. The Hall–Kier alpha value is -2.28. The Bertz CT molecular complexity index is 485. The van der Waals surface area contributed by atoms with E-state index in [0.717, 1.165) is 11.1 Å². The van der Waals surface area contributed by atoms with Crippen LogP contribution in [0.15, 0.2) is 24.3 Å². The number of hydrogen-bond donors (Lipinski definition) is 2. The molecule has 0 aromatic heterocycles. The maximum absolute atomic E-state index is 11.6. The number of aryl methyl sites for hydroxylation is 2. The van der Waals surface area contributed by atoms with Crippen molar-refractivity contribution >= 4 is 11.9 Å². The lowest BCUT2D eigenvalue weighted by atomic mass is 10.1. The fourth-order valence-corrected chi connectivity index (χ4v) is 1.60. The van der Waals surface area contributed by atoms with Gasteiger partial charge in [-0.3, -0.25) is 4.79 Å². The zero-order valence-corrected chi connectivity index (χ0v) is 10.8. The number of terminal acetylenes is 1. The highest BCUT2D eigenvalue weighted by Crippen LogP contribution is 2.06. The molecule has 1 unspecified atom stereocenters. The molecule has 0 saturated heterocycles. The summed E-state index contributed by atoms with van der Waals surface area (Å²) in [5.41, 5.74) is 2.21. The van der Waals surface area contributed by atoms with Crippen molar-refractivity contribution < 1.29 is 14.7 Å². The number of nitrogens with one attached hydrogen (secondary N) is 1. The first-order chi connectivity index (χ1) is 9.02. The molecule has 0 spiro atoms. The van der Waals surface area contributed by atoms with Crippen LogP contribution in [-0.2, 0) is 16.0 Å². The van der Waals surface area contributed by atoms with Crippen LogP contribution in [-0.4, -0.2) is 23.0 Å². The maximum Gasteiger partial charge on any atom is 0.327 e. The molecule has 100 valence electrons. The van der Waals surface area contributed by atoms with E-state index < -0.39 is 12.0 Å². The molecule has 2 N–H and O–H groups in total. The number of carboxylic acids is 1. The number of amides is 1. The fourth-order valence-electron chi connectivity index (χ4n) is 1.60. The van der Waals surface area contributed by atoms with Crippen molar-refractivity contribution in [2.45, 2.75) is 32.2 Å². The zero-order valence-electron chi connectivity index (χ0n) is 10.8. The summed E-state index contributed by atoms with van der Waals surface area (Å²) in [5.74, 6) is 0.827. The molecule has 4 nitrogen and oxygen atoms in total. The quantitative estimate of drug-likeness (QED) is 0.761. The highest BCUT2D eigenvalue weighted by molar-refractivity contribution is 5.83. The van der Waals surface area contributed by atoms with E-state index >= 15 is 0 Å². The second-order valence-corrected chi connectivity index (χ2v) is 4.35. The highest BCUT2D eigenvalue weighted by Gasteiger charge is 2.18. The molecule has 1 aromatic rings. The van der Waals surface area contributed by atoms with Crippen molar-refractivity contribution in [3.8, 4) is 12.3 Å². The minimum Gasteiger partial charge on any atom is -0.480 e. The van der Waals surface area contributed by atoms with Gasteiger partial charge in [0, 0.05) is 12.8 Å². The molecule has 1 rings (SSSR count). The Morgan fingerprint density at radius 2 is 2.00 bits per heavy atom. The van der Waals surface area contributed by atoms with Gasteiger partial charge >= 0.3 is 5.97 Å². The third-order valence-corrected chi connectivity index (χ3v) is 2.72. The van der Waals surface area contributed by atoms with Gasteiger partial charge < -0.3 is 10.4 Å². The third-order valence-electron chi connectivity index (χ3n) is 2.72. The summed E-state index contributed by atoms with van der Waals surface area (Å²) in [6.45, 7) is 1.99. The molecular formula is C15H17NO3. The fraction of sp³-hybridized carbons (Fsp3) is 0.333. The minimum atomic E-state index is -1.11. The van der Waals surface area contributed by atoms with Crippen LogP contribution in [0, 0.1) is 19.3 Å². The predicted molar refractivity (Wildman–Crippen MR) is 72.5 cm³/mol. The normalized spacial score (nSPS) is 11.4. The molecule has 0 bridgehead atoms. The van der Waals surface area contributed by atoms with E-state index in [0.29, 0.717) is 6.42 Å². The molecule has 0 fully saturated rings. The average Bonchev–Trinajstić information content (AvgIpc) is 2.37. The Balaban J connectivity index is 2.45. The zero-order chi connectivity index (χ0) is 14.3. The van der Waals surface area contributed by atoms with Crippen LogP contribution in [0.25, 0.3) is 0 Å². The number of carbonyl (C=O) groups excluding carboxylic acids is 1. The van der Waals surface area contributed by atoms with Gasteiger partial charge in [-0.15, -0.1) is 12.3 Å². The van der Waals surface area contributed by atoms with Gasteiger partial charge in [0.15, 0.2) is 0 Å². The lowest BCUT2D eigenvalue weighted by molar-refractivity contribution is -0.141.